The number of hydrogen-bond acceptors (Lipinski definition) is 6. The molecule has 4 bridgehead atoms. The number of aliphatic hydroxyl groups excluding tert-OH is 1. The summed E-state index contributed by atoms with van der Waals surface area (Å²) in [6.45, 7) is 10.0. The normalized spacial score (nSPS) is 30.1. The molecule has 1 aliphatic heterocycles. The van der Waals surface area contributed by atoms with Gasteiger partial charge in [-0.05, 0) is 129 Å². The Kier molecular flexibility index (Phi) is 10.3. The van der Waals surface area contributed by atoms with Crippen LogP contribution in [-0.2, 0) is 27.3 Å². The van der Waals surface area contributed by atoms with E-state index in [1.165, 1.54) is 6.07 Å². The predicted molar refractivity (Wildman–Crippen MR) is 223 cm³/mol. The maximum atomic E-state index is 15.5. The molecule has 0 spiro atoms. The SMILES string of the molecule is CC1=CCCC2(C)C(CCC2(O)CN(Cc2cccc3ccccc23)C(=O)C23CCC(C)(C(=O)O2)C3(C)C)c2ccc(cc2C(=O)c2ccc(F)c(F)c2)CC(O)CC1. The van der Waals surface area contributed by atoms with Crippen molar-refractivity contribution in [3.63, 3.8) is 0 Å². The molecule has 59 heavy (non-hydrogen) atoms. The van der Waals surface area contributed by atoms with Gasteiger partial charge < -0.3 is 19.8 Å². The second-order valence-corrected chi connectivity index (χ2v) is 18.9. The molecule has 1 amide bonds. The summed E-state index contributed by atoms with van der Waals surface area (Å²) >= 11 is 0. The van der Waals surface area contributed by atoms with Crippen LogP contribution < -0.4 is 0 Å². The van der Waals surface area contributed by atoms with Gasteiger partial charge in [0.25, 0.3) is 5.91 Å². The maximum absolute atomic E-state index is 15.5. The molecule has 2 saturated carbocycles. The van der Waals surface area contributed by atoms with E-state index in [1.807, 2.05) is 82.3 Å². The first-order valence-electron chi connectivity index (χ1n) is 21.1. The molecule has 2 N–H and O–H groups in total. The fraction of sp³-hybridized carbons (Fsp3) is 0.460. The van der Waals surface area contributed by atoms with Gasteiger partial charge >= 0.3 is 5.97 Å². The van der Waals surface area contributed by atoms with Gasteiger partial charge in [0.05, 0.1) is 23.7 Å². The monoisotopic (exact) mass is 803 g/mol. The smallest absolute Gasteiger partial charge is 0.313 e. The number of hydrogen-bond donors (Lipinski definition) is 2. The zero-order chi connectivity index (χ0) is 42.1. The van der Waals surface area contributed by atoms with Gasteiger partial charge in [0.1, 0.15) is 0 Å². The number of aliphatic hydroxyl groups is 2. The Morgan fingerprint density at radius 1 is 0.881 bits per heavy atom. The maximum Gasteiger partial charge on any atom is 0.313 e. The molecule has 0 aromatic heterocycles. The van der Waals surface area contributed by atoms with E-state index in [4.69, 9.17) is 4.74 Å². The first kappa shape index (κ1) is 41.0. The molecule has 9 rings (SSSR count). The molecule has 1 saturated heterocycles. The number of halogens is 2. The van der Waals surface area contributed by atoms with Crippen LogP contribution in [0.1, 0.15) is 125 Å². The Morgan fingerprint density at radius 2 is 1.64 bits per heavy atom. The quantitative estimate of drug-likeness (QED) is 0.110. The van der Waals surface area contributed by atoms with Crippen molar-refractivity contribution in [2.24, 2.45) is 16.2 Å². The lowest BCUT2D eigenvalue weighted by atomic mass is 9.64. The van der Waals surface area contributed by atoms with E-state index in [-0.39, 0.29) is 36.4 Å². The topological polar surface area (TPSA) is 104 Å². The fourth-order valence-corrected chi connectivity index (χ4v) is 11.1. The van der Waals surface area contributed by atoms with Crippen molar-refractivity contribution in [2.75, 3.05) is 6.54 Å². The van der Waals surface area contributed by atoms with Crippen LogP contribution in [0.2, 0.25) is 0 Å². The van der Waals surface area contributed by atoms with E-state index in [0.717, 1.165) is 39.6 Å². The van der Waals surface area contributed by atoms with Gasteiger partial charge in [0.2, 0.25) is 0 Å². The highest BCUT2D eigenvalue weighted by molar-refractivity contribution is 6.10. The Balaban J connectivity index is 1.25. The van der Waals surface area contributed by atoms with Crippen molar-refractivity contribution in [3.05, 3.63) is 130 Å². The number of ether oxygens (including phenoxy) is 1. The van der Waals surface area contributed by atoms with Gasteiger partial charge in [-0.3, -0.25) is 14.4 Å². The number of fused-ring (bicyclic) bond motifs is 11. The highest BCUT2D eigenvalue weighted by Crippen LogP contribution is 2.66. The van der Waals surface area contributed by atoms with Crippen molar-refractivity contribution in [1.82, 2.24) is 4.90 Å². The molecule has 4 aromatic rings. The van der Waals surface area contributed by atoms with Crippen molar-refractivity contribution in [3.8, 4) is 0 Å². The number of benzene rings is 4. The molecule has 1 heterocycles. The number of carbonyl (C=O) groups is 3. The van der Waals surface area contributed by atoms with E-state index >= 15 is 4.79 Å². The number of esters is 1. The third-order valence-corrected chi connectivity index (χ3v) is 15.5. The Labute approximate surface area is 345 Å². The molecular weight excluding hydrogens is 749 g/mol. The van der Waals surface area contributed by atoms with Gasteiger partial charge in [0.15, 0.2) is 23.0 Å². The average Bonchev–Trinajstić information content (AvgIpc) is 3.64. The van der Waals surface area contributed by atoms with Crippen LogP contribution in [0.4, 0.5) is 8.78 Å². The summed E-state index contributed by atoms with van der Waals surface area (Å²) in [5.74, 6) is -3.72. The lowest BCUT2D eigenvalue weighted by Crippen LogP contribution is -2.60. The molecule has 0 radical (unpaired) electrons. The van der Waals surface area contributed by atoms with Gasteiger partial charge in [-0.2, -0.15) is 0 Å². The largest absolute Gasteiger partial charge is 0.448 e. The molecule has 6 atom stereocenters. The van der Waals surface area contributed by atoms with Gasteiger partial charge in [0, 0.05) is 28.5 Å². The molecule has 4 aromatic carbocycles. The fourth-order valence-electron chi connectivity index (χ4n) is 11.1. The summed E-state index contributed by atoms with van der Waals surface area (Å²) in [7, 11) is 0. The molecule has 6 unspecified atom stereocenters. The first-order chi connectivity index (χ1) is 27.9. The van der Waals surface area contributed by atoms with Crippen molar-refractivity contribution < 1.29 is 38.1 Å². The van der Waals surface area contributed by atoms with E-state index < -0.39 is 51.0 Å². The molecule has 310 valence electrons. The number of carbonyl (C=O) groups excluding carboxylic acids is 3. The first-order valence-corrected chi connectivity index (χ1v) is 21.1. The molecule has 3 fully saturated rings. The van der Waals surface area contributed by atoms with Crippen LogP contribution in [0.15, 0.2) is 90.5 Å². The van der Waals surface area contributed by atoms with E-state index in [9.17, 15) is 28.6 Å². The minimum absolute atomic E-state index is 0.000823. The summed E-state index contributed by atoms with van der Waals surface area (Å²) in [6.07, 6.45) is 5.82. The summed E-state index contributed by atoms with van der Waals surface area (Å²) in [5, 5.41) is 26.5. The minimum atomic E-state index is -1.47. The number of ketones is 1. The zero-order valence-corrected chi connectivity index (χ0v) is 34.7. The zero-order valence-electron chi connectivity index (χ0n) is 34.7. The predicted octanol–water partition coefficient (Wildman–Crippen LogP) is 9.54. The van der Waals surface area contributed by atoms with Crippen LogP contribution in [0.3, 0.4) is 0 Å². The third kappa shape index (κ3) is 6.54. The second kappa shape index (κ2) is 14.8. The standard InChI is InChI=1S/C50H55F2NO6/c1-31-10-9-22-47(4)40(38-19-16-32(26-36(54)18-15-31)27-39(38)43(55)34-17-20-41(51)42(52)28-34)21-23-49(47,58)30-53(29-35-13-8-12-33-11-6-7-14-37(33)35)44(56)50-25-24-48(5,45(57)59-50)46(50,2)3/h6-8,10-14,16-17,19-20,27-28,36,40,54,58H,9,15,18,21-26,29-30H2,1-5H3. The minimum Gasteiger partial charge on any atom is -0.448 e. The summed E-state index contributed by atoms with van der Waals surface area (Å²) in [4.78, 5) is 45.1. The van der Waals surface area contributed by atoms with Crippen molar-refractivity contribution >= 4 is 28.4 Å². The highest BCUT2D eigenvalue weighted by atomic mass is 19.2. The molecule has 5 aliphatic rings. The van der Waals surface area contributed by atoms with Crippen LogP contribution in [0, 0.1) is 27.9 Å². The number of amides is 1. The number of rotatable bonds is 7. The number of nitrogens with zero attached hydrogens (tertiary/aromatic N) is 1. The van der Waals surface area contributed by atoms with Crippen molar-refractivity contribution in [1.29, 1.82) is 0 Å². The summed E-state index contributed by atoms with van der Waals surface area (Å²) in [6, 6.07) is 22.7. The number of allylic oxidation sites excluding steroid dienone is 2. The van der Waals surface area contributed by atoms with Crippen molar-refractivity contribution in [2.45, 2.75) is 122 Å². The molecular formula is C50H55F2NO6. The Morgan fingerprint density at radius 3 is 2.37 bits per heavy atom. The molecule has 4 aliphatic carbocycles. The van der Waals surface area contributed by atoms with Gasteiger partial charge in [-0.25, -0.2) is 8.78 Å². The Bertz CT molecular complexity index is 2380. The third-order valence-electron chi connectivity index (χ3n) is 15.5. The van der Waals surface area contributed by atoms with E-state index in [0.29, 0.717) is 68.9 Å². The Hall–Kier alpha value is -4.73. The van der Waals surface area contributed by atoms with Gasteiger partial charge in [-0.15, -0.1) is 0 Å². The summed E-state index contributed by atoms with van der Waals surface area (Å²) in [5.41, 5.74) is -1.66. The average molecular weight is 804 g/mol. The van der Waals surface area contributed by atoms with Crippen LogP contribution in [0.25, 0.3) is 10.8 Å². The van der Waals surface area contributed by atoms with E-state index in [2.05, 4.69) is 13.0 Å². The highest BCUT2D eigenvalue weighted by Gasteiger charge is 2.76. The second-order valence-electron chi connectivity index (χ2n) is 18.9. The van der Waals surface area contributed by atoms with Crippen LogP contribution in [0.5, 0.6) is 0 Å². The molecule has 7 nitrogen and oxygen atoms in total. The van der Waals surface area contributed by atoms with Crippen LogP contribution >= 0.6 is 0 Å². The van der Waals surface area contributed by atoms with Gasteiger partial charge in [-0.1, -0.05) is 87.0 Å². The summed E-state index contributed by atoms with van der Waals surface area (Å²) < 4.78 is 34.9. The van der Waals surface area contributed by atoms with E-state index in [1.54, 1.807) is 11.0 Å². The molecule has 9 heteroatoms. The van der Waals surface area contributed by atoms with Crippen LogP contribution in [-0.4, -0.2) is 56.6 Å². The lowest BCUT2D eigenvalue weighted by Gasteiger charge is -2.47. The lowest BCUT2D eigenvalue weighted by molar-refractivity contribution is -0.178.